The van der Waals surface area contributed by atoms with Crippen molar-refractivity contribution in [1.82, 2.24) is 70.9 Å². The van der Waals surface area contributed by atoms with Crippen LogP contribution in [0.5, 0.6) is 0 Å². The smallest absolute Gasteiger partial charge is 0.408 e. The van der Waals surface area contributed by atoms with Crippen LogP contribution in [-0.2, 0) is 76.9 Å². The lowest BCUT2D eigenvalue weighted by atomic mass is 10.0. The number of halogens is 1. The molecule has 3 aliphatic heterocycles. The maximum absolute atomic E-state index is 17.8. The first-order chi connectivity index (χ1) is 51.4. The molecule has 0 saturated carbocycles. The van der Waals surface area contributed by atoms with Gasteiger partial charge in [0.2, 0.25) is 23.6 Å². The summed E-state index contributed by atoms with van der Waals surface area (Å²) in [5.41, 5.74) is 16.2. The zero-order chi connectivity index (χ0) is 79.3. The maximum atomic E-state index is 17.8. The molecule has 0 bridgehead atoms. The first kappa shape index (κ1) is 84.0. The molecular formula is C66H92FN19O19P2S2. The highest BCUT2D eigenvalue weighted by atomic mass is 32.7. The summed E-state index contributed by atoms with van der Waals surface area (Å²) in [5, 5.41) is 21.1. The Morgan fingerprint density at radius 3 is 1.60 bits per heavy atom. The van der Waals surface area contributed by atoms with E-state index in [0.717, 1.165) is 17.7 Å². The largest absolute Gasteiger partial charge is 0.444 e. The number of aromatic amines is 1. The molecule has 13 atom stereocenters. The van der Waals surface area contributed by atoms with Gasteiger partial charge in [0.25, 0.3) is 5.56 Å². The molecule has 7 heterocycles. The Bertz CT molecular complexity index is 4400. The Kier molecular flexibility index (Phi) is 28.2. The van der Waals surface area contributed by atoms with Crippen LogP contribution in [0.2, 0.25) is 0 Å². The van der Waals surface area contributed by atoms with E-state index in [0.29, 0.717) is 22.5 Å². The van der Waals surface area contributed by atoms with Gasteiger partial charge in [0.05, 0.1) is 32.2 Å². The van der Waals surface area contributed by atoms with Gasteiger partial charge in [-0.15, -0.1) is 0 Å². The van der Waals surface area contributed by atoms with Crippen LogP contribution in [0.1, 0.15) is 125 Å². The highest BCUT2D eigenvalue weighted by Crippen LogP contribution is 2.67. The quantitative estimate of drug-likeness (QED) is 0.0177. The van der Waals surface area contributed by atoms with Gasteiger partial charge in [0, 0.05) is 42.4 Å². The minimum absolute atomic E-state index is 0.0240. The average Bonchev–Trinajstić information content (AvgIpc) is 1.62. The van der Waals surface area contributed by atoms with E-state index in [1.165, 1.54) is 40.2 Å². The molecule has 6 unspecified atom stereocenters. The Morgan fingerprint density at radius 1 is 0.624 bits per heavy atom. The summed E-state index contributed by atoms with van der Waals surface area (Å²) in [7, 11) is 0. The van der Waals surface area contributed by atoms with Crippen molar-refractivity contribution in [2.45, 2.75) is 191 Å². The van der Waals surface area contributed by atoms with E-state index in [1.807, 2.05) is 0 Å². The SMILES string of the molecule is CC(C)[C@H](NC(=O)OC(C)(C)C)C(=O)N[C@@H](CCCNC(N)=O)C(=O)Nc1ccc(CSP2(=O)OCC3OC(n4cnc5c(N)ncnc54)[C@H](F)[C@@H]3OP(=O)(SCc3ccc(NC(=O)[C@H](CCCNC(N)=O)NC(=O)[C@@H](NC(=O)OC(C)(C)C)C(C)C)cc3)OC[C@H]3OC(n4cnc5c(=O)[nH]cnc54)CC3O2)cc1. The molecule has 6 aromatic rings. The number of anilines is 3. The summed E-state index contributed by atoms with van der Waals surface area (Å²) in [5.74, 6) is -3.81. The minimum atomic E-state index is -4.70. The molecular weight excluding hydrogens is 1510 g/mol. The summed E-state index contributed by atoms with van der Waals surface area (Å²) in [6.45, 7) is 6.31. The number of imidazole rings is 2. The highest BCUT2D eigenvalue weighted by molar-refractivity contribution is 8.55. The second-order valence-electron chi connectivity index (χ2n) is 28.4. The van der Waals surface area contributed by atoms with Gasteiger partial charge >= 0.3 is 37.8 Å². The van der Waals surface area contributed by atoms with Crippen molar-refractivity contribution in [3.05, 3.63) is 95.3 Å². The van der Waals surface area contributed by atoms with Gasteiger partial charge in [-0.05, 0) is 137 Å². The number of nitrogens with one attached hydrogen (secondary N) is 9. The molecule has 9 rings (SSSR count). The molecule has 15 N–H and O–H groups in total. The lowest BCUT2D eigenvalue weighted by Gasteiger charge is -2.30. The molecule has 43 heteroatoms. The van der Waals surface area contributed by atoms with Crippen LogP contribution in [0.4, 0.5) is 40.8 Å². The number of primary amides is 2. The summed E-state index contributed by atoms with van der Waals surface area (Å²) < 4.78 is 101. The summed E-state index contributed by atoms with van der Waals surface area (Å²) in [4.78, 5) is 141. The number of nitrogens with zero attached hydrogens (tertiary/aromatic N) is 7. The number of urea groups is 2. The number of benzene rings is 2. The van der Waals surface area contributed by atoms with Crippen molar-refractivity contribution in [3.63, 3.8) is 0 Å². The Labute approximate surface area is 633 Å². The average molecular weight is 1600 g/mol. The van der Waals surface area contributed by atoms with Gasteiger partial charge in [-0.1, -0.05) is 52.0 Å². The van der Waals surface area contributed by atoms with E-state index >= 15 is 13.5 Å². The Balaban J connectivity index is 0.960. The fourth-order valence-electron chi connectivity index (χ4n) is 11.5. The number of rotatable bonds is 28. The molecule has 0 radical (unpaired) electrons. The van der Waals surface area contributed by atoms with Gasteiger partial charge in [-0.3, -0.25) is 51.2 Å². The normalized spacial score (nSPS) is 22.8. The lowest BCUT2D eigenvalue weighted by Crippen LogP contribution is -2.55. The number of aromatic nitrogens is 8. The van der Waals surface area contributed by atoms with E-state index in [4.69, 9.17) is 54.2 Å². The van der Waals surface area contributed by atoms with E-state index < -0.39 is 170 Å². The number of hydrogen-bond acceptors (Lipinski definition) is 27. The van der Waals surface area contributed by atoms with Gasteiger partial charge in [-0.2, -0.15) is 0 Å². The predicted molar refractivity (Wildman–Crippen MR) is 398 cm³/mol. The molecule has 38 nitrogen and oxygen atoms in total. The van der Waals surface area contributed by atoms with Crippen molar-refractivity contribution in [1.29, 1.82) is 0 Å². The van der Waals surface area contributed by atoms with Crippen molar-refractivity contribution in [3.8, 4) is 0 Å². The summed E-state index contributed by atoms with van der Waals surface area (Å²) >= 11 is 1.39. The molecule has 594 valence electrons. The van der Waals surface area contributed by atoms with Gasteiger partial charge < -0.3 is 83.7 Å². The Morgan fingerprint density at radius 2 is 1.10 bits per heavy atom. The van der Waals surface area contributed by atoms with Crippen molar-refractivity contribution in [2.75, 3.05) is 42.7 Å². The second-order valence-corrected chi connectivity index (χ2v) is 36.4. The number of nitrogen functional groups attached to an aromatic ring is 1. The number of nitrogens with two attached hydrogens (primary N) is 3. The standard InChI is InChI=1S/C66H92FN19O19P2S2/c1-34(2)47(83-63(94)102-65(5,6)7)58(90)81-40(13-11-23-71-61(69)92)55(87)79-38-19-15-36(16-20-38)28-108-106(96)99-27-44-51(46(67)60(101-44)86-33-77-49-52(68)73-30-74-53(49)86)105-107(97,98-26-43-42(104-106)25-45(100-43)85-32-78-50-54(85)75-31-76-57(50)89)109-29-37-17-21-39(22-18-37)80-56(88)41(14-12-24-72-62(70)93)82-59(91)48(35(3)4)84-64(95)103-66(8,9)10/h15-22,30-35,40-48,51,60H,11-14,23-29H2,1-10H3,(H,79,87)(H,80,88)(H,81,90)(H,82,91)(H,83,94)(H,84,95)(H2,68,73,74)(H3,69,71,92)(H3,70,72,93)(H,75,76,89)/t40-,41-,42?,43+,44?,45?,46+,47-,48-,51+,60?,106?,107?/m0/s1. The molecule has 0 aliphatic carbocycles. The third-order valence-electron chi connectivity index (χ3n) is 16.8. The number of fused-ring (bicyclic) bond motifs is 4. The summed E-state index contributed by atoms with van der Waals surface area (Å²) in [6.07, 6.45) is -7.28. The molecule has 3 aliphatic rings. The van der Waals surface area contributed by atoms with Gasteiger partial charge in [0.1, 0.15) is 77.9 Å². The Hall–Kier alpha value is -9.05. The lowest BCUT2D eigenvalue weighted by molar-refractivity contribution is -0.128. The fourth-order valence-corrected chi connectivity index (χ4v) is 18.3. The maximum Gasteiger partial charge on any atom is 0.408 e. The van der Waals surface area contributed by atoms with Crippen molar-refractivity contribution >= 4 is 124 Å². The van der Waals surface area contributed by atoms with Crippen LogP contribution in [0, 0.1) is 11.8 Å². The van der Waals surface area contributed by atoms with E-state index in [-0.39, 0.29) is 96.2 Å². The number of H-pyrrole nitrogens is 1. The fraction of sp³-hybridized carbons (Fsp3) is 0.545. The number of alkyl carbamates (subject to hydrolysis) is 2. The number of hydrogen-bond donors (Lipinski definition) is 12. The third kappa shape index (κ3) is 23.5. The van der Waals surface area contributed by atoms with Crippen LogP contribution in [0.15, 0.2) is 78.6 Å². The minimum Gasteiger partial charge on any atom is -0.444 e. The zero-order valence-corrected chi connectivity index (χ0v) is 64.8. The molecule has 109 heavy (non-hydrogen) atoms. The van der Waals surface area contributed by atoms with Crippen molar-refractivity contribution < 1.29 is 88.9 Å². The van der Waals surface area contributed by atoms with Crippen LogP contribution in [0.3, 0.4) is 0 Å². The monoisotopic (exact) mass is 1600 g/mol. The molecule has 10 amide bonds. The number of alkyl halides is 1. The predicted octanol–water partition coefficient (Wildman–Crippen LogP) is 6.81. The summed E-state index contributed by atoms with van der Waals surface area (Å²) in [6, 6.07) is 6.42. The van der Waals surface area contributed by atoms with E-state index in [9.17, 15) is 43.2 Å². The topological polar surface area (TPSA) is 526 Å². The first-order valence-corrected chi connectivity index (χ1v) is 41.1. The number of ether oxygens (including phenoxy) is 4. The van der Waals surface area contributed by atoms with E-state index in [1.54, 1.807) is 106 Å². The third-order valence-corrected chi connectivity index (χ3v) is 24.1. The molecule has 2 aromatic carbocycles. The van der Waals surface area contributed by atoms with Gasteiger partial charge in [0.15, 0.2) is 35.0 Å². The number of carbonyl (C=O) groups is 8. The molecule has 3 saturated heterocycles. The second kappa shape index (κ2) is 36.6. The first-order valence-electron chi connectivity index (χ1n) is 34.8. The number of carbonyl (C=O) groups excluding carboxylic acids is 8. The molecule has 4 aromatic heterocycles. The molecule has 0 spiro atoms. The zero-order valence-electron chi connectivity index (χ0n) is 61.4. The van der Waals surface area contributed by atoms with E-state index in [2.05, 4.69) is 72.4 Å². The van der Waals surface area contributed by atoms with Crippen LogP contribution in [0.25, 0.3) is 22.3 Å². The number of amides is 10. The van der Waals surface area contributed by atoms with Gasteiger partial charge in [-0.25, -0.2) is 57.6 Å². The molecule has 3 fully saturated rings. The highest BCUT2D eigenvalue weighted by Gasteiger charge is 2.54. The van der Waals surface area contributed by atoms with Crippen molar-refractivity contribution in [2.24, 2.45) is 23.3 Å². The van der Waals surface area contributed by atoms with Crippen LogP contribution < -0.4 is 65.3 Å². The van der Waals surface area contributed by atoms with Crippen LogP contribution >= 0.6 is 36.4 Å². The van der Waals surface area contributed by atoms with Crippen LogP contribution in [-0.4, -0.2) is 179 Å².